The average molecular weight is 380 g/mol. The fourth-order valence-corrected chi connectivity index (χ4v) is 4.88. The van der Waals surface area contributed by atoms with Crippen molar-refractivity contribution in [3.05, 3.63) is 84.4 Å². The quantitative estimate of drug-likeness (QED) is 0.445. The molecule has 0 aliphatic carbocycles. The second-order valence-corrected chi connectivity index (χ2v) is 7.71. The van der Waals surface area contributed by atoms with Crippen LogP contribution in [0.4, 0.5) is 0 Å². The van der Waals surface area contributed by atoms with Crippen LogP contribution in [0.1, 0.15) is 10.4 Å². The fraction of sp³-hybridized carbons (Fsp3) is 0.136. The summed E-state index contributed by atoms with van der Waals surface area (Å²) in [6.45, 7) is 1.00. The Morgan fingerprint density at radius 2 is 1.48 bits per heavy atom. The first-order valence-electron chi connectivity index (χ1n) is 8.52. The molecule has 138 valence electrons. The van der Waals surface area contributed by atoms with E-state index >= 15 is 0 Å². The molecule has 0 aliphatic heterocycles. The lowest BCUT2D eigenvalue weighted by Gasteiger charge is -2.13. The van der Waals surface area contributed by atoms with Crippen LogP contribution in [0, 0.1) is 0 Å². The summed E-state index contributed by atoms with van der Waals surface area (Å²) in [5.41, 5.74) is 0.213. The van der Waals surface area contributed by atoms with E-state index in [0.717, 1.165) is 20.4 Å². The molecule has 0 amide bonds. The lowest BCUT2D eigenvalue weighted by molar-refractivity contribution is -0.255. The van der Waals surface area contributed by atoms with Crippen molar-refractivity contribution in [3.63, 3.8) is 0 Å². The van der Waals surface area contributed by atoms with Gasteiger partial charge in [-0.05, 0) is 48.5 Å². The number of hydrogen-bond acceptors (Lipinski definition) is 4. The summed E-state index contributed by atoms with van der Waals surface area (Å²) in [5, 5.41) is 11.7. The second-order valence-electron chi connectivity index (χ2n) is 5.72. The summed E-state index contributed by atoms with van der Waals surface area (Å²) < 4.78 is 10.6. The maximum Gasteiger partial charge on any atom is 0.175 e. The van der Waals surface area contributed by atoms with Gasteiger partial charge >= 0.3 is 0 Å². The zero-order chi connectivity index (χ0) is 19.1. The first-order chi connectivity index (χ1) is 13.2. The van der Waals surface area contributed by atoms with Gasteiger partial charge in [0.25, 0.3) is 0 Å². The molecule has 0 spiro atoms. The number of benzene rings is 3. The summed E-state index contributed by atoms with van der Waals surface area (Å²) in [6.07, 6.45) is 0. The van der Waals surface area contributed by atoms with Gasteiger partial charge in [0, 0.05) is 7.11 Å². The maximum atomic E-state index is 11.7. The summed E-state index contributed by atoms with van der Waals surface area (Å²) in [7, 11) is 1.07. The summed E-state index contributed by atoms with van der Waals surface area (Å²) in [4.78, 5) is 14.4. The van der Waals surface area contributed by atoms with Crippen molar-refractivity contribution < 1.29 is 19.4 Å². The van der Waals surface area contributed by atoms with Gasteiger partial charge in [-0.25, -0.2) is 0 Å². The van der Waals surface area contributed by atoms with Gasteiger partial charge in [0.1, 0.15) is 12.4 Å². The molecule has 4 nitrogen and oxygen atoms in total. The minimum Gasteiger partial charge on any atom is -0.545 e. The van der Waals surface area contributed by atoms with Gasteiger partial charge in [0.05, 0.1) is 29.0 Å². The Labute approximate surface area is 161 Å². The van der Waals surface area contributed by atoms with Crippen molar-refractivity contribution in [1.82, 2.24) is 0 Å². The molecule has 0 saturated carbocycles. The maximum absolute atomic E-state index is 11.7. The van der Waals surface area contributed by atoms with E-state index in [-0.39, 0.29) is 5.56 Å². The number of ether oxygens (including phenoxy) is 2. The molecular weight excluding hydrogens is 360 g/mol. The number of aromatic carboxylic acids is 1. The Morgan fingerprint density at radius 1 is 0.852 bits per heavy atom. The number of carboxylic acids is 1. The minimum absolute atomic E-state index is 0.213. The molecule has 0 saturated heterocycles. The molecule has 1 unspecified atom stereocenters. The third-order valence-electron chi connectivity index (χ3n) is 3.92. The molecule has 0 radical (unpaired) electrons. The predicted molar refractivity (Wildman–Crippen MR) is 103 cm³/mol. The molecule has 0 aliphatic rings. The van der Waals surface area contributed by atoms with Crippen molar-refractivity contribution in [2.45, 2.75) is 14.7 Å². The monoisotopic (exact) mass is 380 g/mol. The highest BCUT2D eigenvalue weighted by Crippen LogP contribution is 2.33. The zero-order valence-electron chi connectivity index (χ0n) is 15.0. The highest BCUT2D eigenvalue weighted by molar-refractivity contribution is 7.97. The van der Waals surface area contributed by atoms with Crippen molar-refractivity contribution in [2.24, 2.45) is 0 Å². The number of hydrogen-bond donors (Lipinski definition) is 0. The second kappa shape index (κ2) is 9.26. The molecule has 3 rings (SSSR count). The van der Waals surface area contributed by atoms with Gasteiger partial charge in [-0.2, -0.15) is 0 Å². The van der Waals surface area contributed by atoms with E-state index < -0.39 is 16.9 Å². The molecule has 0 N–H and O–H groups in total. The summed E-state index contributed by atoms with van der Waals surface area (Å²) in [6, 6.07) is 24.7. The van der Waals surface area contributed by atoms with Crippen molar-refractivity contribution in [1.29, 1.82) is 0 Å². The molecule has 3 aromatic rings. The Kier molecular flexibility index (Phi) is 6.52. The normalized spacial score (nSPS) is 11.7. The molecule has 27 heavy (non-hydrogen) atoms. The first-order valence-corrected chi connectivity index (χ1v) is 9.74. The van der Waals surface area contributed by atoms with Gasteiger partial charge in [0.15, 0.2) is 14.7 Å². The highest BCUT2D eigenvalue weighted by Gasteiger charge is 2.31. The molecular formula is C22H20O4S. The van der Waals surface area contributed by atoms with E-state index in [0.29, 0.717) is 13.2 Å². The predicted octanol–water partition coefficient (Wildman–Crippen LogP) is 3.17. The standard InChI is InChI=1S/C22H20O4S/c1-25-15-16-26-17-11-13-19(14-12-17)27(18-7-3-2-4-8-18)21-10-6-5-9-20(21)22(23)24/h2-14H,15-16H2,1H3. The van der Waals surface area contributed by atoms with Crippen LogP contribution in [0.25, 0.3) is 0 Å². The average Bonchev–Trinajstić information content (AvgIpc) is 2.71. The number of carbonyl (C=O) groups is 1. The van der Waals surface area contributed by atoms with Gasteiger partial charge in [0.2, 0.25) is 0 Å². The molecule has 5 heteroatoms. The largest absolute Gasteiger partial charge is 0.545 e. The summed E-state index contributed by atoms with van der Waals surface area (Å²) >= 11 is 0. The van der Waals surface area contributed by atoms with Crippen LogP contribution >= 0.6 is 0 Å². The topological polar surface area (TPSA) is 58.6 Å². The molecule has 1 atom stereocenters. The molecule has 0 heterocycles. The lowest BCUT2D eigenvalue weighted by atomic mass is 10.2. The highest BCUT2D eigenvalue weighted by atomic mass is 32.2. The SMILES string of the molecule is COCCOc1ccc([S+](c2ccccc2)c2ccccc2C(=O)[O-])cc1. The first kappa shape index (κ1) is 19.0. The van der Waals surface area contributed by atoms with Gasteiger partial charge in [-0.1, -0.05) is 30.3 Å². The molecule has 3 aromatic carbocycles. The summed E-state index contributed by atoms with van der Waals surface area (Å²) in [5.74, 6) is -0.417. The minimum atomic E-state index is -1.17. The number of carbonyl (C=O) groups excluding carboxylic acids is 1. The van der Waals surface area contributed by atoms with E-state index in [4.69, 9.17) is 9.47 Å². The van der Waals surface area contributed by atoms with Gasteiger partial charge in [-0.3, -0.25) is 0 Å². The van der Waals surface area contributed by atoms with Crippen LogP contribution in [0.5, 0.6) is 5.75 Å². The number of rotatable bonds is 8. The van der Waals surface area contributed by atoms with E-state index in [9.17, 15) is 9.90 Å². The Hall–Kier alpha value is -2.76. The van der Waals surface area contributed by atoms with Crippen LogP contribution in [0.15, 0.2) is 93.5 Å². The van der Waals surface area contributed by atoms with Gasteiger partial charge in [-0.15, -0.1) is 0 Å². The van der Waals surface area contributed by atoms with E-state index in [1.54, 1.807) is 19.2 Å². The van der Waals surface area contributed by atoms with Crippen molar-refractivity contribution in [2.75, 3.05) is 20.3 Å². The van der Waals surface area contributed by atoms with Crippen LogP contribution in [-0.2, 0) is 15.6 Å². The van der Waals surface area contributed by atoms with Crippen molar-refractivity contribution in [3.8, 4) is 5.75 Å². The lowest BCUT2D eigenvalue weighted by Crippen LogP contribution is -2.25. The van der Waals surface area contributed by atoms with Crippen LogP contribution < -0.4 is 9.84 Å². The number of carboxylic acid groups (broad SMARTS) is 1. The Bertz CT molecular complexity index is 878. The van der Waals surface area contributed by atoms with Gasteiger partial charge < -0.3 is 19.4 Å². The fourth-order valence-electron chi connectivity index (χ4n) is 2.67. The Balaban J connectivity index is 2.01. The smallest absolute Gasteiger partial charge is 0.175 e. The molecule has 0 aromatic heterocycles. The van der Waals surface area contributed by atoms with Crippen LogP contribution in [0.3, 0.4) is 0 Å². The van der Waals surface area contributed by atoms with E-state index in [1.165, 1.54) is 0 Å². The van der Waals surface area contributed by atoms with Crippen molar-refractivity contribution >= 4 is 16.9 Å². The zero-order valence-corrected chi connectivity index (χ0v) is 15.8. The van der Waals surface area contributed by atoms with Crippen LogP contribution in [0.2, 0.25) is 0 Å². The molecule has 0 bridgehead atoms. The third-order valence-corrected chi connectivity index (χ3v) is 6.20. The van der Waals surface area contributed by atoms with E-state index in [2.05, 4.69) is 0 Å². The van der Waals surface area contributed by atoms with E-state index in [1.807, 2.05) is 66.7 Å². The Morgan fingerprint density at radius 3 is 2.15 bits per heavy atom. The third kappa shape index (κ3) is 4.70. The van der Waals surface area contributed by atoms with Crippen LogP contribution in [-0.4, -0.2) is 26.3 Å². The number of methoxy groups -OCH3 is 1. The molecule has 0 fully saturated rings.